The van der Waals surface area contributed by atoms with Crippen molar-refractivity contribution in [3.05, 3.63) is 107 Å². The van der Waals surface area contributed by atoms with Crippen molar-refractivity contribution in [3.8, 4) is 11.3 Å². The first kappa shape index (κ1) is 21.4. The number of aromatic nitrogens is 2. The van der Waals surface area contributed by atoms with E-state index >= 15 is 0 Å². The van der Waals surface area contributed by atoms with Crippen molar-refractivity contribution < 1.29 is 20.1 Å². The molecular weight excluding hydrogens is 557 g/mol. The largest absolute Gasteiger partial charge is 0.304 e. The van der Waals surface area contributed by atoms with Crippen molar-refractivity contribution in [2.24, 2.45) is 0 Å². The minimum Gasteiger partial charge on any atom is -0.304 e. The Morgan fingerprint density at radius 2 is 1.48 bits per heavy atom. The fourth-order valence-electron chi connectivity index (χ4n) is 4.20. The van der Waals surface area contributed by atoms with Crippen LogP contribution in [0, 0.1) is 19.9 Å². The van der Waals surface area contributed by atoms with E-state index in [4.69, 9.17) is 0 Å². The van der Waals surface area contributed by atoms with Crippen molar-refractivity contribution in [1.29, 1.82) is 0 Å². The zero-order valence-electron chi connectivity index (χ0n) is 17.6. The van der Waals surface area contributed by atoms with E-state index in [0.717, 1.165) is 24.1 Å². The van der Waals surface area contributed by atoms with E-state index in [-0.39, 0.29) is 20.1 Å². The van der Waals surface area contributed by atoms with Gasteiger partial charge in [0.1, 0.15) is 0 Å². The smallest absolute Gasteiger partial charge is 0.0780 e. The Labute approximate surface area is 196 Å². The first-order chi connectivity index (χ1) is 14.7. The molecule has 0 spiro atoms. The van der Waals surface area contributed by atoms with Crippen molar-refractivity contribution in [2.75, 3.05) is 0 Å². The van der Waals surface area contributed by atoms with Crippen LogP contribution in [0.4, 0.5) is 0 Å². The van der Waals surface area contributed by atoms with Crippen molar-refractivity contribution in [2.45, 2.75) is 26.7 Å². The summed E-state index contributed by atoms with van der Waals surface area (Å²) >= 11 is 0. The van der Waals surface area contributed by atoms with Crippen LogP contribution in [0.3, 0.4) is 0 Å². The Bertz CT molecular complexity index is 1370. The first-order valence-electron chi connectivity index (χ1n) is 10.4. The third kappa shape index (κ3) is 4.30. The Hall–Kier alpha value is -2.87. The van der Waals surface area contributed by atoms with E-state index in [9.17, 15) is 0 Å². The maximum absolute atomic E-state index is 4.53. The normalized spacial score (nSPS) is 11.7. The Morgan fingerprint density at radius 3 is 2.39 bits per heavy atom. The van der Waals surface area contributed by atoms with E-state index in [1.807, 2.05) is 18.5 Å². The summed E-state index contributed by atoms with van der Waals surface area (Å²) < 4.78 is 0. The molecule has 2 heterocycles. The molecule has 3 aromatic carbocycles. The summed E-state index contributed by atoms with van der Waals surface area (Å²) in [7, 11) is 0. The third-order valence-corrected chi connectivity index (χ3v) is 5.66. The molecule has 31 heavy (non-hydrogen) atoms. The summed E-state index contributed by atoms with van der Waals surface area (Å²) in [6, 6.07) is 26.6. The van der Waals surface area contributed by atoms with Crippen LogP contribution in [0.25, 0.3) is 32.9 Å². The molecule has 1 radical (unpaired) electrons. The van der Waals surface area contributed by atoms with Gasteiger partial charge >= 0.3 is 0 Å². The fraction of sp³-hybridized carbons (Fsp3) is 0.143. The van der Waals surface area contributed by atoms with Gasteiger partial charge in [0.25, 0.3) is 0 Å². The number of rotatable bonds is 0. The quantitative estimate of drug-likeness (QED) is 0.152. The van der Waals surface area contributed by atoms with Crippen LogP contribution in [0.15, 0.2) is 79.1 Å². The molecule has 155 valence electrons. The minimum absolute atomic E-state index is 0. The zero-order chi connectivity index (χ0) is 20.5. The average molecular weight is 580 g/mol. The number of pyridine rings is 2. The SMILES string of the molecule is Cc1cnc2c(c1)CCc1ccc[c-]c1-2.Cc1cnc2c(ccc3ccccc32)c1.[Ir]. The van der Waals surface area contributed by atoms with Crippen LogP contribution >= 0.6 is 0 Å². The fourth-order valence-corrected chi connectivity index (χ4v) is 4.20. The van der Waals surface area contributed by atoms with Crippen molar-refractivity contribution in [1.82, 2.24) is 9.97 Å². The predicted molar refractivity (Wildman–Crippen MR) is 125 cm³/mol. The molecule has 5 aromatic rings. The van der Waals surface area contributed by atoms with E-state index in [0.29, 0.717) is 0 Å². The van der Waals surface area contributed by atoms with Gasteiger partial charge in [-0.2, -0.15) is 0 Å². The van der Waals surface area contributed by atoms with Crippen LogP contribution in [-0.2, 0) is 32.9 Å². The van der Waals surface area contributed by atoms with E-state index in [2.05, 4.69) is 90.5 Å². The molecule has 1 aliphatic carbocycles. The minimum atomic E-state index is 0. The van der Waals surface area contributed by atoms with Gasteiger partial charge in [-0.05, 0) is 48.5 Å². The number of fused-ring (bicyclic) bond motifs is 6. The molecule has 2 aromatic heterocycles. The molecule has 0 fully saturated rings. The van der Waals surface area contributed by atoms with Crippen LogP contribution in [0.2, 0.25) is 0 Å². The summed E-state index contributed by atoms with van der Waals surface area (Å²) in [5.74, 6) is 0. The molecule has 2 nitrogen and oxygen atoms in total. The standard InChI is InChI=1S/C14H12N.C14H11N.Ir/c2*1-10-8-12-7-6-11-4-2-3-5-13(11)14(12)15-9-10;/h2-4,8-9H,6-7H2,1H3;2-9H,1H3;/q-1;;. The number of hydrogen-bond acceptors (Lipinski definition) is 2. The van der Waals surface area contributed by atoms with Gasteiger partial charge in [0, 0.05) is 43.3 Å². The number of aryl methyl sites for hydroxylation is 4. The zero-order valence-corrected chi connectivity index (χ0v) is 20.0. The average Bonchev–Trinajstić information content (AvgIpc) is 2.79. The molecule has 0 saturated heterocycles. The molecular formula is C28H23IrN2-. The first-order valence-corrected chi connectivity index (χ1v) is 10.4. The van der Waals surface area contributed by atoms with Gasteiger partial charge < -0.3 is 4.98 Å². The molecule has 0 saturated carbocycles. The number of hydrogen-bond donors (Lipinski definition) is 0. The van der Waals surface area contributed by atoms with Crippen LogP contribution in [0.5, 0.6) is 0 Å². The summed E-state index contributed by atoms with van der Waals surface area (Å²) in [6.45, 7) is 4.17. The molecule has 0 atom stereocenters. The third-order valence-electron chi connectivity index (χ3n) is 5.66. The molecule has 0 N–H and O–H groups in total. The summed E-state index contributed by atoms with van der Waals surface area (Å²) in [5.41, 5.74) is 8.61. The van der Waals surface area contributed by atoms with Crippen LogP contribution in [-0.4, -0.2) is 9.97 Å². The van der Waals surface area contributed by atoms with E-state index in [1.165, 1.54) is 44.0 Å². The Kier molecular flexibility index (Phi) is 6.27. The monoisotopic (exact) mass is 580 g/mol. The molecule has 6 rings (SSSR count). The Morgan fingerprint density at radius 1 is 0.742 bits per heavy atom. The van der Waals surface area contributed by atoms with Gasteiger partial charge in [0.05, 0.1) is 5.52 Å². The number of nitrogens with zero attached hydrogens (tertiary/aromatic N) is 2. The predicted octanol–water partition coefficient (Wildman–Crippen LogP) is 6.65. The molecule has 0 amide bonds. The topological polar surface area (TPSA) is 25.8 Å². The maximum Gasteiger partial charge on any atom is 0.0780 e. The summed E-state index contributed by atoms with van der Waals surface area (Å²) in [6.07, 6.45) is 6.09. The number of benzene rings is 3. The summed E-state index contributed by atoms with van der Waals surface area (Å²) in [5, 5.41) is 3.70. The summed E-state index contributed by atoms with van der Waals surface area (Å²) in [4.78, 5) is 9.04. The van der Waals surface area contributed by atoms with E-state index < -0.39 is 0 Å². The molecule has 0 bridgehead atoms. The van der Waals surface area contributed by atoms with Gasteiger partial charge in [-0.15, -0.1) is 35.4 Å². The second-order valence-electron chi connectivity index (χ2n) is 7.96. The second kappa shape index (κ2) is 9.09. The van der Waals surface area contributed by atoms with Crippen LogP contribution < -0.4 is 0 Å². The van der Waals surface area contributed by atoms with Crippen LogP contribution in [0.1, 0.15) is 22.3 Å². The molecule has 1 aliphatic rings. The van der Waals surface area contributed by atoms with Gasteiger partial charge in [-0.25, -0.2) is 0 Å². The van der Waals surface area contributed by atoms with Gasteiger partial charge in [0.15, 0.2) is 0 Å². The van der Waals surface area contributed by atoms with E-state index in [1.54, 1.807) is 0 Å². The molecule has 3 heteroatoms. The van der Waals surface area contributed by atoms with Gasteiger partial charge in [-0.1, -0.05) is 54.4 Å². The van der Waals surface area contributed by atoms with Crippen molar-refractivity contribution in [3.63, 3.8) is 0 Å². The Balaban J connectivity index is 0.000000144. The second-order valence-corrected chi connectivity index (χ2v) is 7.96. The van der Waals surface area contributed by atoms with Gasteiger partial charge in [0.2, 0.25) is 0 Å². The molecule has 0 aliphatic heterocycles. The maximum atomic E-state index is 4.53. The van der Waals surface area contributed by atoms with Crippen molar-refractivity contribution >= 4 is 21.7 Å². The molecule has 0 unspecified atom stereocenters. The van der Waals surface area contributed by atoms with Gasteiger partial charge in [-0.3, -0.25) is 4.98 Å².